The number of amides is 2. The minimum absolute atomic E-state index is 0.139. The highest BCUT2D eigenvalue weighted by molar-refractivity contribution is 8.68. The SMILES string of the molecule is CC(C)C(C)COC(C)(C)CC(C)C(C)CNC(=O)NSS. The molecule has 132 valence electrons. The Morgan fingerprint density at radius 2 is 1.73 bits per heavy atom. The van der Waals surface area contributed by atoms with Gasteiger partial charge in [-0.2, -0.15) is 0 Å². The van der Waals surface area contributed by atoms with E-state index in [2.05, 4.69) is 70.2 Å². The van der Waals surface area contributed by atoms with Crippen LogP contribution in [0.3, 0.4) is 0 Å². The van der Waals surface area contributed by atoms with Crippen molar-refractivity contribution in [1.82, 2.24) is 10.0 Å². The summed E-state index contributed by atoms with van der Waals surface area (Å²) >= 11 is 3.88. The summed E-state index contributed by atoms with van der Waals surface area (Å²) in [5, 5.41) is 2.85. The first kappa shape index (κ1) is 21.9. The van der Waals surface area contributed by atoms with Crippen LogP contribution in [0.15, 0.2) is 0 Å². The van der Waals surface area contributed by atoms with E-state index >= 15 is 0 Å². The Hall–Kier alpha value is -0.0700. The number of ether oxygens (including phenoxy) is 1. The summed E-state index contributed by atoms with van der Waals surface area (Å²) in [6, 6.07) is -0.194. The van der Waals surface area contributed by atoms with Gasteiger partial charge in [0.1, 0.15) is 0 Å². The van der Waals surface area contributed by atoms with Crippen molar-refractivity contribution in [2.75, 3.05) is 13.2 Å². The third kappa shape index (κ3) is 9.85. The van der Waals surface area contributed by atoms with E-state index in [1.165, 1.54) is 0 Å². The van der Waals surface area contributed by atoms with Gasteiger partial charge in [-0.25, -0.2) is 4.79 Å². The Balaban J connectivity index is 4.19. The predicted octanol–water partition coefficient (Wildman–Crippen LogP) is 4.53. The molecule has 0 aromatic rings. The van der Waals surface area contributed by atoms with Crippen LogP contribution in [0.25, 0.3) is 0 Å². The van der Waals surface area contributed by atoms with E-state index in [4.69, 9.17) is 4.74 Å². The minimum atomic E-state index is -0.194. The molecule has 0 aliphatic heterocycles. The smallest absolute Gasteiger partial charge is 0.325 e. The summed E-state index contributed by atoms with van der Waals surface area (Å²) in [5.74, 6) is 2.06. The van der Waals surface area contributed by atoms with Gasteiger partial charge < -0.3 is 10.1 Å². The first-order valence-electron chi connectivity index (χ1n) is 8.07. The maximum Gasteiger partial charge on any atom is 0.325 e. The molecular formula is C16H34N2O2S2. The van der Waals surface area contributed by atoms with Gasteiger partial charge in [0.25, 0.3) is 0 Å². The fourth-order valence-electron chi connectivity index (χ4n) is 2.12. The average molecular weight is 351 g/mol. The van der Waals surface area contributed by atoms with Crippen molar-refractivity contribution in [1.29, 1.82) is 0 Å². The lowest BCUT2D eigenvalue weighted by molar-refractivity contribution is -0.0556. The molecule has 3 atom stereocenters. The molecule has 0 aliphatic rings. The van der Waals surface area contributed by atoms with Gasteiger partial charge in [0.2, 0.25) is 0 Å². The van der Waals surface area contributed by atoms with E-state index in [0.29, 0.717) is 30.2 Å². The molecule has 0 aromatic heterocycles. The largest absolute Gasteiger partial charge is 0.375 e. The van der Waals surface area contributed by atoms with Crippen molar-refractivity contribution < 1.29 is 9.53 Å². The van der Waals surface area contributed by atoms with Gasteiger partial charge >= 0.3 is 6.03 Å². The van der Waals surface area contributed by atoms with Gasteiger partial charge in [-0.1, -0.05) is 46.3 Å². The van der Waals surface area contributed by atoms with Crippen LogP contribution in [-0.2, 0) is 4.74 Å². The van der Waals surface area contributed by atoms with Gasteiger partial charge in [-0.05, 0) is 43.9 Å². The second-order valence-electron chi connectivity index (χ2n) is 7.35. The van der Waals surface area contributed by atoms with E-state index < -0.39 is 0 Å². The monoisotopic (exact) mass is 350 g/mol. The van der Waals surface area contributed by atoms with Crippen LogP contribution in [0.1, 0.15) is 54.9 Å². The highest BCUT2D eigenvalue weighted by Gasteiger charge is 2.26. The summed E-state index contributed by atoms with van der Waals surface area (Å²) in [6.07, 6.45) is 0.976. The lowest BCUT2D eigenvalue weighted by Gasteiger charge is -2.32. The van der Waals surface area contributed by atoms with Gasteiger partial charge in [-0.15, -0.1) is 0 Å². The van der Waals surface area contributed by atoms with Crippen molar-refractivity contribution in [2.45, 2.75) is 60.5 Å². The Morgan fingerprint density at radius 3 is 2.23 bits per heavy atom. The maximum absolute atomic E-state index is 11.4. The number of carbonyl (C=O) groups excluding carboxylic acids is 1. The van der Waals surface area contributed by atoms with E-state index in [9.17, 15) is 4.79 Å². The molecule has 0 aromatic carbocycles. The van der Waals surface area contributed by atoms with E-state index in [-0.39, 0.29) is 11.6 Å². The maximum atomic E-state index is 11.4. The van der Waals surface area contributed by atoms with E-state index in [0.717, 1.165) is 24.0 Å². The zero-order valence-corrected chi connectivity index (χ0v) is 16.8. The normalized spacial score (nSPS) is 16.2. The summed E-state index contributed by atoms with van der Waals surface area (Å²) in [6.45, 7) is 16.8. The summed E-state index contributed by atoms with van der Waals surface area (Å²) in [5.41, 5.74) is -0.139. The van der Waals surface area contributed by atoms with Crippen LogP contribution in [0.2, 0.25) is 0 Å². The molecule has 0 fully saturated rings. The number of hydrogen-bond donors (Lipinski definition) is 3. The fourth-order valence-corrected chi connectivity index (χ4v) is 2.52. The van der Waals surface area contributed by atoms with Crippen molar-refractivity contribution in [3.05, 3.63) is 0 Å². The molecule has 0 radical (unpaired) electrons. The van der Waals surface area contributed by atoms with Crippen LogP contribution >= 0.6 is 22.6 Å². The van der Waals surface area contributed by atoms with Gasteiger partial charge in [0.15, 0.2) is 0 Å². The van der Waals surface area contributed by atoms with Crippen molar-refractivity contribution >= 4 is 28.7 Å². The standard InChI is InChI=1S/C16H34N2O2S2/c1-11(2)14(5)10-20-16(6,7)8-12(3)13(4)9-17-15(19)18-22-21/h11-14,21H,8-10H2,1-7H3,(H2,17,18,19). The van der Waals surface area contributed by atoms with Crippen LogP contribution in [0.4, 0.5) is 4.79 Å². The van der Waals surface area contributed by atoms with Crippen LogP contribution in [0.5, 0.6) is 0 Å². The fraction of sp³-hybridized carbons (Fsp3) is 0.938. The number of carbonyl (C=O) groups is 1. The second kappa shape index (κ2) is 10.7. The first-order chi connectivity index (χ1) is 10.1. The topological polar surface area (TPSA) is 50.4 Å². The Morgan fingerprint density at radius 1 is 1.14 bits per heavy atom. The zero-order valence-electron chi connectivity index (χ0n) is 15.1. The third-order valence-corrected chi connectivity index (χ3v) is 4.93. The van der Waals surface area contributed by atoms with Crippen LogP contribution < -0.4 is 10.0 Å². The molecule has 22 heavy (non-hydrogen) atoms. The number of urea groups is 1. The molecular weight excluding hydrogens is 316 g/mol. The number of rotatable bonds is 10. The molecule has 0 aliphatic carbocycles. The van der Waals surface area contributed by atoms with Crippen LogP contribution in [0, 0.1) is 23.7 Å². The predicted molar refractivity (Wildman–Crippen MR) is 100 cm³/mol. The van der Waals surface area contributed by atoms with Gasteiger partial charge in [0, 0.05) is 17.5 Å². The molecule has 0 heterocycles. The van der Waals surface area contributed by atoms with Gasteiger partial charge in [0.05, 0.1) is 12.2 Å². The first-order valence-corrected chi connectivity index (χ1v) is 9.94. The molecule has 0 spiro atoms. The molecule has 2 N–H and O–H groups in total. The van der Waals surface area contributed by atoms with Crippen molar-refractivity contribution in [2.24, 2.45) is 23.7 Å². The molecule has 3 unspecified atom stereocenters. The second-order valence-corrected chi connectivity index (χ2v) is 8.29. The number of hydrogen-bond acceptors (Lipinski definition) is 4. The van der Waals surface area contributed by atoms with E-state index in [1.807, 2.05) is 0 Å². The molecule has 4 nitrogen and oxygen atoms in total. The summed E-state index contributed by atoms with van der Waals surface area (Å²) < 4.78 is 8.66. The minimum Gasteiger partial charge on any atom is -0.375 e. The Kier molecular flexibility index (Phi) is 10.6. The highest BCUT2D eigenvalue weighted by atomic mass is 33.1. The van der Waals surface area contributed by atoms with E-state index in [1.54, 1.807) is 0 Å². The van der Waals surface area contributed by atoms with Crippen molar-refractivity contribution in [3.8, 4) is 0 Å². The highest BCUT2D eigenvalue weighted by Crippen LogP contribution is 2.26. The third-order valence-electron chi connectivity index (χ3n) is 4.38. The summed E-state index contributed by atoms with van der Waals surface area (Å²) in [4.78, 5) is 11.4. The zero-order chi connectivity index (χ0) is 17.3. The molecule has 0 bridgehead atoms. The Labute approximate surface area is 145 Å². The molecule has 0 saturated heterocycles. The quantitative estimate of drug-likeness (QED) is 0.308. The number of nitrogens with one attached hydrogen (secondary N) is 2. The Bertz CT molecular complexity index is 325. The van der Waals surface area contributed by atoms with Crippen LogP contribution in [-0.4, -0.2) is 24.8 Å². The average Bonchev–Trinajstić information content (AvgIpc) is 2.41. The summed E-state index contributed by atoms with van der Waals surface area (Å²) in [7, 11) is 1.00. The lowest BCUT2D eigenvalue weighted by atomic mass is 9.85. The molecule has 6 heteroatoms. The lowest BCUT2D eigenvalue weighted by Crippen LogP contribution is -2.37. The molecule has 2 amide bonds. The molecule has 0 saturated carbocycles. The molecule has 0 rings (SSSR count). The number of thiol groups is 1. The van der Waals surface area contributed by atoms with Gasteiger partial charge in [-0.3, -0.25) is 4.72 Å². The van der Waals surface area contributed by atoms with Crippen molar-refractivity contribution in [3.63, 3.8) is 0 Å².